The summed E-state index contributed by atoms with van der Waals surface area (Å²) in [5.74, 6) is 1.41. The van der Waals surface area contributed by atoms with Crippen molar-refractivity contribution in [3.63, 3.8) is 0 Å². The van der Waals surface area contributed by atoms with E-state index in [9.17, 15) is 19.2 Å². The van der Waals surface area contributed by atoms with Gasteiger partial charge in [-0.3, -0.25) is 14.6 Å². The molecule has 2 aromatic carbocycles. The lowest BCUT2D eigenvalue weighted by Crippen LogP contribution is -2.51. The van der Waals surface area contributed by atoms with E-state index in [0.29, 0.717) is 18.9 Å². The number of alkyl carbamates (subject to hydrolysis) is 2. The van der Waals surface area contributed by atoms with Gasteiger partial charge in [0.15, 0.2) is 0 Å². The number of methoxy groups -OCH3 is 2. The number of imidazole rings is 2. The average Bonchev–Trinajstić information content (AvgIpc) is 4.06. The van der Waals surface area contributed by atoms with E-state index in [1.54, 1.807) is 12.4 Å². The summed E-state index contributed by atoms with van der Waals surface area (Å²) in [4.78, 5) is 76.4. The third kappa shape index (κ3) is 8.70. The van der Waals surface area contributed by atoms with Crippen LogP contribution in [-0.4, -0.2) is 98.1 Å². The lowest BCUT2D eigenvalue weighted by atomic mass is 10.0. The van der Waals surface area contributed by atoms with Gasteiger partial charge in [0.1, 0.15) is 23.7 Å². The van der Waals surface area contributed by atoms with Crippen LogP contribution in [-0.2, 0) is 19.1 Å². The van der Waals surface area contributed by atoms with Gasteiger partial charge in [-0.25, -0.2) is 19.6 Å². The first-order valence-corrected chi connectivity index (χ1v) is 20.7. The molecule has 0 spiro atoms. The number of carbonyl (C=O) groups excluding carboxylic acids is 4. The van der Waals surface area contributed by atoms with Gasteiger partial charge in [-0.15, -0.1) is 0 Å². The molecule has 4 amide bonds. The topological polar surface area (TPSA) is 188 Å². The highest BCUT2D eigenvalue weighted by Gasteiger charge is 2.41. The molecule has 2 aliphatic heterocycles. The van der Waals surface area contributed by atoms with Crippen molar-refractivity contribution in [2.45, 2.75) is 78.6 Å². The van der Waals surface area contributed by atoms with Crippen molar-refractivity contribution in [3.8, 4) is 33.6 Å². The van der Waals surface area contributed by atoms with Crippen LogP contribution >= 0.6 is 0 Å². The van der Waals surface area contributed by atoms with Gasteiger partial charge < -0.3 is 39.9 Å². The number of ether oxygens (including phenoxy) is 2. The zero-order chi connectivity index (χ0) is 42.8. The van der Waals surface area contributed by atoms with E-state index in [0.717, 1.165) is 63.3 Å². The number of amides is 4. The Hall–Kier alpha value is -6.25. The second-order valence-corrected chi connectivity index (χ2v) is 17.0. The van der Waals surface area contributed by atoms with Crippen LogP contribution in [0.5, 0.6) is 0 Å². The summed E-state index contributed by atoms with van der Waals surface area (Å²) >= 11 is 0. The number of hydrogen-bond acceptors (Lipinski definition) is 9. The van der Waals surface area contributed by atoms with E-state index in [1.165, 1.54) is 14.2 Å². The number of likely N-dealkylation sites (tertiary alicyclic amines) is 2. The molecule has 2 aliphatic rings. The summed E-state index contributed by atoms with van der Waals surface area (Å²) in [5.41, 5.74) is 7.20. The highest BCUT2D eigenvalue weighted by molar-refractivity contribution is 5.87. The molecule has 0 unspecified atom stereocenters. The minimum atomic E-state index is -0.714. The number of fused-ring (bicyclic) bond motifs is 1. The third-order valence-corrected chi connectivity index (χ3v) is 11.7. The Balaban J connectivity index is 1.03. The molecule has 5 aromatic rings. The summed E-state index contributed by atoms with van der Waals surface area (Å²) in [7, 11) is 2.58. The fourth-order valence-corrected chi connectivity index (χ4v) is 8.43. The molecule has 60 heavy (non-hydrogen) atoms. The normalized spacial score (nSPS) is 20.1. The number of rotatable bonds is 11. The molecule has 0 bridgehead atoms. The third-order valence-electron chi connectivity index (χ3n) is 11.7. The maximum Gasteiger partial charge on any atom is 0.407 e. The van der Waals surface area contributed by atoms with Gasteiger partial charge in [0, 0.05) is 18.7 Å². The second kappa shape index (κ2) is 17.5. The number of aromatic nitrogens is 5. The van der Waals surface area contributed by atoms with Crippen molar-refractivity contribution >= 4 is 35.0 Å². The van der Waals surface area contributed by atoms with Gasteiger partial charge in [-0.2, -0.15) is 0 Å². The minimum Gasteiger partial charge on any atom is -0.453 e. The molecule has 316 valence electrons. The van der Waals surface area contributed by atoms with Crippen LogP contribution in [0.15, 0.2) is 67.0 Å². The summed E-state index contributed by atoms with van der Waals surface area (Å²) in [6.07, 6.45) is 3.84. The molecule has 4 N–H and O–H groups in total. The number of aromatic amines is 2. The Morgan fingerprint density at radius 3 is 1.65 bits per heavy atom. The van der Waals surface area contributed by atoms with Crippen molar-refractivity contribution in [1.29, 1.82) is 0 Å². The van der Waals surface area contributed by atoms with E-state index in [2.05, 4.69) is 70.8 Å². The van der Waals surface area contributed by atoms with Gasteiger partial charge in [0.2, 0.25) is 11.8 Å². The maximum absolute atomic E-state index is 13.8. The molecular weight excluding hydrogens is 763 g/mol. The summed E-state index contributed by atoms with van der Waals surface area (Å²) in [5, 5.41) is 5.42. The largest absolute Gasteiger partial charge is 0.453 e. The molecule has 3 aromatic heterocycles. The molecule has 5 heterocycles. The van der Waals surface area contributed by atoms with Crippen molar-refractivity contribution in [3.05, 3.63) is 78.6 Å². The van der Waals surface area contributed by atoms with Crippen LogP contribution in [0.1, 0.15) is 78.1 Å². The lowest BCUT2D eigenvalue weighted by Gasteiger charge is -2.30. The second-order valence-electron chi connectivity index (χ2n) is 17.0. The van der Waals surface area contributed by atoms with E-state index >= 15 is 0 Å². The lowest BCUT2D eigenvalue weighted by molar-refractivity contribution is -0.136. The number of nitrogens with zero attached hydrogens (tertiary/aromatic N) is 5. The quantitative estimate of drug-likeness (QED) is 0.106. The highest BCUT2D eigenvalue weighted by atomic mass is 16.5. The fourth-order valence-electron chi connectivity index (χ4n) is 8.43. The van der Waals surface area contributed by atoms with Crippen LogP contribution < -0.4 is 10.6 Å². The first kappa shape index (κ1) is 41.9. The zero-order valence-electron chi connectivity index (χ0n) is 35.5. The van der Waals surface area contributed by atoms with Gasteiger partial charge in [0.05, 0.1) is 61.1 Å². The Bertz CT molecular complexity index is 2340. The van der Waals surface area contributed by atoms with E-state index in [1.807, 2.05) is 55.7 Å². The van der Waals surface area contributed by atoms with Crippen LogP contribution in [0.3, 0.4) is 0 Å². The van der Waals surface area contributed by atoms with E-state index in [4.69, 9.17) is 24.4 Å². The molecule has 7 rings (SSSR count). The van der Waals surface area contributed by atoms with Gasteiger partial charge >= 0.3 is 12.2 Å². The number of carbonyl (C=O) groups is 4. The first-order valence-electron chi connectivity index (χ1n) is 20.7. The Kier molecular flexibility index (Phi) is 12.2. The Morgan fingerprint density at radius 2 is 1.15 bits per heavy atom. The fraction of sp³-hybridized carbons (Fsp3) is 0.444. The molecule has 2 fully saturated rings. The van der Waals surface area contributed by atoms with E-state index < -0.39 is 24.3 Å². The average molecular weight is 818 g/mol. The van der Waals surface area contributed by atoms with Crippen molar-refractivity contribution < 1.29 is 28.7 Å². The van der Waals surface area contributed by atoms with Crippen molar-refractivity contribution in [2.75, 3.05) is 27.3 Å². The maximum atomic E-state index is 13.8. The molecule has 0 radical (unpaired) electrons. The molecule has 0 aliphatic carbocycles. The Morgan fingerprint density at radius 1 is 0.667 bits per heavy atom. The van der Waals surface area contributed by atoms with Crippen LogP contribution in [0.25, 0.3) is 44.7 Å². The number of nitrogens with one attached hydrogen (secondary N) is 4. The Labute approximate surface area is 350 Å². The van der Waals surface area contributed by atoms with Crippen LogP contribution in [0.4, 0.5) is 9.59 Å². The number of hydrogen-bond donors (Lipinski definition) is 4. The predicted molar refractivity (Wildman–Crippen MR) is 227 cm³/mol. The van der Waals surface area contributed by atoms with Gasteiger partial charge in [-0.05, 0) is 59.3 Å². The number of benzene rings is 2. The van der Waals surface area contributed by atoms with Gasteiger partial charge in [0.25, 0.3) is 0 Å². The SMILES string of the molecule is COC(=O)N[C@H](C(=O)N1C[C@@H](C)C[C@@H]1c1nc2cc(-c3ccc(-c4ccc(-c5cnc([C@@H]6C[C@H](C)CN6C(=O)[C@@H](NC(=O)OC)C(C)C)[nH]5)cc4)cc3)ncc2[nH]1)C(C)C. The van der Waals surface area contributed by atoms with E-state index in [-0.39, 0.29) is 47.6 Å². The minimum absolute atomic E-state index is 0.116. The van der Waals surface area contributed by atoms with Gasteiger partial charge in [-0.1, -0.05) is 90.1 Å². The standard InChI is InChI=1S/C45H55N9O6/c1-24(2)38(51-44(57)59-7)42(55)53-22-26(5)17-36(53)40-47-20-34(49-40)31-15-11-29(12-16-31)28-9-13-30(14-10-28)32-19-33-35(21-46-32)50-41(48-33)37-18-27(6)23-54(37)43(56)39(25(3)4)52-45(58)60-8/h9-16,19-21,24-27,36-39H,17-18,22-23H2,1-8H3,(H,47,49)(H,48,50)(H,51,57)(H,52,58)/t26-,27-,36-,37+,38-,39-/m0/s1. The molecule has 15 heteroatoms. The predicted octanol–water partition coefficient (Wildman–Crippen LogP) is 7.26. The van der Waals surface area contributed by atoms with Crippen LogP contribution in [0, 0.1) is 23.7 Å². The van der Waals surface area contributed by atoms with Crippen molar-refractivity contribution in [1.82, 2.24) is 45.4 Å². The first-order chi connectivity index (χ1) is 28.7. The summed E-state index contributed by atoms with van der Waals surface area (Å²) in [6, 6.07) is 16.6. The summed E-state index contributed by atoms with van der Waals surface area (Å²) in [6.45, 7) is 13.0. The molecule has 6 atom stereocenters. The number of pyridine rings is 1. The molecule has 2 saturated heterocycles. The summed E-state index contributed by atoms with van der Waals surface area (Å²) < 4.78 is 9.57. The zero-order valence-corrected chi connectivity index (χ0v) is 35.5. The molecular formula is C45H55N9O6. The smallest absolute Gasteiger partial charge is 0.407 e. The van der Waals surface area contributed by atoms with Crippen molar-refractivity contribution in [2.24, 2.45) is 23.7 Å². The molecule has 15 nitrogen and oxygen atoms in total. The molecule has 0 saturated carbocycles. The monoisotopic (exact) mass is 817 g/mol. The van der Waals surface area contributed by atoms with Crippen LogP contribution in [0.2, 0.25) is 0 Å². The number of H-pyrrole nitrogens is 2. The highest BCUT2D eigenvalue weighted by Crippen LogP contribution is 2.38.